The fourth-order valence-corrected chi connectivity index (χ4v) is 1.88. The van der Waals surface area contributed by atoms with Gasteiger partial charge in [0, 0.05) is 17.4 Å². The Morgan fingerprint density at radius 1 is 0.833 bits per heavy atom. The van der Waals surface area contributed by atoms with Crippen LogP contribution < -0.4 is 0 Å². The summed E-state index contributed by atoms with van der Waals surface area (Å²) in [6, 6.07) is 20.7. The zero-order chi connectivity index (χ0) is 12.8. The molecule has 2 aromatic rings. The van der Waals surface area contributed by atoms with Gasteiger partial charge in [-0.15, -0.1) is 0 Å². The largest absolute Gasteiger partial charge is 0.0970 e. The molecule has 0 radical (unpaired) electrons. The van der Waals surface area contributed by atoms with Crippen molar-refractivity contribution < 1.29 is 0 Å². The summed E-state index contributed by atoms with van der Waals surface area (Å²) < 4.78 is 0. The molecular weight excluding hydrogens is 216 g/mol. The minimum Gasteiger partial charge on any atom is -0.0970 e. The number of hydrogen-bond donors (Lipinski definition) is 0. The van der Waals surface area contributed by atoms with Crippen LogP contribution in [0, 0.1) is 11.8 Å². The summed E-state index contributed by atoms with van der Waals surface area (Å²) in [5.41, 5.74) is 2.52. The molecule has 0 fully saturated rings. The van der Waals surface area contributed by atoms with E-state index >= 15 is 0 Å². The molecule has 0 heteroatoms. The van der Waals surface area contributed by atoms with Gasteiger partial charge in [-0.3, -0.25) is 0 Å². The minimum atomic E-state index is 0.100. The second-order valence-electron chi connectivity index (χ2n) is 5.09. The van der Waals surface area contributed by atoms with Crippen LogP contribution in [0.1, 0.15) is 31.4 Å². The molecule has 2 rings (SSSR count). The summed E-state index contributed by atoms with van der Waals surface area (Å²) in [5.74, 6) is 6.51. The van der Waals surface area contributed by atoms with Gasteiger partial charge in [-0.25, -0.2) is 0 Å². The van der Waals surface area contributed by atoms with E-state index < -0.39 is 0 Å². The van der Waals surface area contributed by atoms with E-state index in [0.29, 0.717) is 0 Å². The second-order valence-corrected chi connectivity index (χ2v) is 5.09. The fraction of sp³-hybridized carbons (Fsp3) is 0.222. The first-order valence-corrected chi connectivity index (χ1v) is 6.28. The third-order valence-corrected chi connectivity index (χ3v) is 3.09. The molecule has 0 spiro atoms. The quantitative estimate of drug-likeness (QED) is 0.675. The van der Waals surface area contributed by atoms with Crippen LogP contribution >= 0.6 is 0 Å². The topological polar surface area (TPSA) is 0 Å². The first-order chi connectivity index (χ1) is 8.68. The molecule has 0 saturated heterocycles. The maximum Gasteiger partial charge on any atom is 0.0245 e. The Balaban J connectivity index is 2.09. The Hall–Kier alpha value is -2.00. The smallest absolute Gasteiger partial charge is 0.0245 e. The third kappa shape index (κ3) is 3.25. The van der Waals surface area contributed by atoms with Crippen molar-refractivity contribution in [2.75, 3.05) is 0 Å². The van der Waals surface area contributed by atoms with E-state index in [0.717, 1.165) is 12.0 Å². The molecule has 0 aliphatic rings. The molecule has 2 aromatic carbocycles. The fourth-order valence-electron chi connectivity index (χ4n) is 1.88. The molecule has 0 heterocycles. The molecule has 18 heavy (non-hydrogen) atoms. The maximum absolute atomic E-state index is 3.29. The molecular formula is C18H18. The standard InChI is InChI=1S/C18H18/c1-18(2,17-13-7-4-8-14-17)15-9-12-16-10-5-3-6-11-16/h3-8,10-11,13-14H,15H2,1-2H3. The van der Waals surface area contributed by atoms with Crippen LogP contribution in [0.3, 0.4) is 0 Å². The summed E-state index contributed by atoms with van der Waals surface area (Å²) >= 11 is 0. The van der Waals surface area contributed by atoms with E-state index in [2.05, 4.69) is 56.0 Å². The Morgan fingerprint density at radius 3 is 2.00 bits per heavy atom. The lowest BCUT2D eigenvalue weighted by Gasteiger charge is -2.22. The molecule has 90 valence electrons. The van der Waals surface area contributed by atoms with Crippen molar-refractivity contribution in [3.63, 3.8) is 0 Å². The number of rotatable bonds is 2. The summed E-state index contributed by atoms with van der Waals surface area (Å²) in [6.45, 7) is 4.48. The molecule has 0 amide bonds. The minimum absolute atomic E-state index is 0.100. The Kier molecular flexibility index (Phi) is 3.85. The SMILES string of the molecule is CC(C)(CC#Cc1ccccc1)c1ccccc1. The van der Waals surface area contributed by atoms with Gasteiger partial charge in [0.05, 0.1) is 0 Å². The van der Waals surface area contributed by atoms with Crippen LogP contribution in [0.15, 0.2) is 60.7 Å². The van der Waals surface area contributed by atoms with Crippen molar-refractivity contribution in [3.8, 4) is 11.8 Å². The molecule has 0 bridgehead atoms. The van der Waals surface area contributed by atoms with Gasteiger partial charge in [0.2, 0.25) is 0 Å². The van der Waals surface area contributed by atoms with Crippen LogP contribution in [-0.4, -0.2) is 0 Å². The van der Waals surface area contributed by atoms with Gasteiger partial charge < -0.3 is 0 Å². The van der Waals surface area contributed by atoms with Gasteiger partial charge in [-0.2, -0.15) is 0 Å². The summed E-state index contributed by atoms with van der Waals surface area (Å²) in [7, 11) is 0. The Labute approximate surface area is 110 Å². The predicted octanol–water partition coefficient (Wildman–Crippen LogP) is 4.41. The predicted molar refractivity (Wildman–Crippen MR) is 77.4 cm³/mol. The lowest BCUT2D eigenvalue weighted by Crippen LogP contribution is -2.15. The molecule has 0 nitrogen and oxygen atoms in total. The zero-order valence-electron chi connectivity index (χ0n) is 11.0. The summed E-state index contributed by atoms with van der Waals surface area (Å²) in [4.78, 5) is 0. The zero-order valence-corrected chi connectivity index (χ0v) is 11.0. The molecule has 0 atom stereocenters. The van der Waals surface area contributed by atoms with Gasteiger partial charge in [-0.05, 0) is 17.7 Å². The first kappa shape index (κ1) is 12.5. The highest BCUT2D eigenvalue weighted by atomic mass is 14.2. The van der Waals surface area contributed by atoms with Gasteiger partial charge in [0.1, 0.15) is 0 Å². The first-order valence-electron chi connectivity index (χ1n) is 6.28. The van der Waals surface area contributed by atoms with Gasteiger partial charge in [-0.1, -0.05) is 74.2 Å². The van der Waals surface area contributed by atoms with Crippen LogP contribution in [0.5, 0.6) is 0 Å². The number of hydrogen-bond acceptors (Lipinski definition) is 0. The van der Waals surface area contributed by atoms with E-state index in [9.17, 15) is 0 Å². The summed E-state index contributed by atoms with van der Waals surface area (Å²) in [6.07, 6.45) is 0.867. The van der Waals surface area contributed by atoms with Crippen LogP contribution in [0.4, 0.5) is 0 Å². The number of benzene rings is 2. The van der Waals surface area contributed by atoms with Gasteiger partial charge >= 0.3 is 0 Å². The van der Waals surface area contributed by atoms with Crippen molar-refractivity contribution in [2.24, 2.45) is 0 Å². The van der Waals surface area contributed by atoms with Crippen molar-refractivity contribution >= 4 is 0 Å². The van der Waals surface area contributed by atoms with E-state index in [1.807, 2.05) is 30.3 Å². The maximum atomic E-state index is 3.29. The second kappa shape index (κ2) is 5.56. The third-order valence-electron chi connectivity index (χ3n) is 3.09. The van der Waals surface area contributed by atoms with Crippen molar-refractivity contribution in [1.82, 2.24) is 0 Å². The van der Waals surface area contributed by atoms with Crippen LogP contribution in [0.2, 0.25) is 0 Å². The molecule has 0 unspecified atom stereocenters. The van der Waals surface area contributed by atoms with E-state index in [1.165, 1.54) is 5.56 Å². The Morgan fingerprint density at radius 2 is 1.39 bits per heavy atom. The van der Waals surface area contributed by atoms with Crippen molar-refractivity contribution in [2.45, 2.75) is 25.7 Å². The molecule has 0 N–H and O–H groups in total. The van der Waals surface area contributed by atoms with Crippen molar-refractivity contribution in [3.05, 3.63) is 71.8 Å². The van der Waals surface area contributed by atoms with Gasteiger partial charge in [0.25, 0.3) is 0 Å². The van der Waals surface area contributed by atoms with E-state index in [4.69, 9.17) is 0 Å². The van der Waals surface area contributed by atoms with E-state index in [1.54, 1.807) is 0 Å². The highest BCUT2D eigenvalue weighted by molar-refractivity contribution is 5.35. The van der Waals surface area contributed by atoms with Crippen LogP contribution in [-0.2, 0) is 5.41 Å². The average molecular weight is 234 g/mol. The highest BCUT2D eigenvalue weighted by Crippen LogP contribution is 2.25. The van der Waals surface area contributed by atoms with Gasteiger partial charge in [0.15, 0.2) is 0 Å². The average Bonchev–Trinajstić information content (AvgIpc) is 2.41. The van der Waals surface area contributed by atoms with Crippen LogP contribution in [0.25, 0.3) is 0 Å². The highest BCUT2D eigenvalue weighted by Gasteiger charge is 2.18. The van der Waals surface area contributed by atoms with E-state index in [-0.39, 0.29) is 5.41 Å². The summed E-state index contributed by atoms with van der Waals surface area (Å²) in [5, 5.41) is 0. The molecule has 0 aliphatic heterocycles. The lowest BCUT2D eigenvalue weighted by atomic mass is 9.82. The molecule has 0 aliphatic carbocycles. The monoisotopic (exact) mass is 234 g/mol. The lowest BCUT2D eigenvalue weighted by molar-refractivity contribution is 0.543. The Bertz CT molecular complexity index is 539. The molecule has 0 saturated carbocycles. The molecule has 0 aromatic heterocycles. The normalized spacial score (nSPS) is 10.6. The van der Waals surface area contributed by atoms with Crippen molar-refractivity contribution in [1.29, 1.82) is 0 Å².